The second kappa shape index (κ2) is 11.2. The van der Waals surface area contributed by atoms with E-state index in [1.165, 1.54) is 6.33 Å². The normalized spacial score (nSPS) is 13.1. The molecule has 0 aliphatic heterocycles. The van der Waals surface area contributed by atoms with E-state index in [1.807, 2.05) is 38.1 Å². The van der Waals surface area contributed by atoms with E-state index in [2.05, 4.69) is 20.6 Å². The van der Waals surface area contributed by atoms with E-state index in [-0.39, 0.29) is 11.8 Å². The number of methoxy groups -OCH3 is 1. The fourth-order valence-corrected chi connectivity index (χ4v) is 3.04. The summed E-state index contributed by atoms with van der Waals surface area (Å²) in [5.41, 5.74) is 1.84. The SMILES string of the molecule is COc1ccc(CCNC(=O)C(Cc2cnc[nH]2)NC(CC(C)C)C(=O)O)cc1. The highest BCUT2D eigenvalue weighted by molar-refractivity contribution is 5.83. The minimum absolute atomic E-state index is 0.189. The molecule has 0 aliphatic rings. The molecule has 29 heavy (non-hydrogen) atoms. The van der Waals surface area contributed by atoms with Gasteiger partial charge < -0.3 is 20.1 Å². The Hall–Kier alpha value is -2.87. The summed E-state index contributed by atoms with van der Waals surface area (Å²) in [6.45, 7) is 4.36. The summed E-state index contributed by atoms with van der Waals surface area (Å²) in [5, 5.41) is 15.4. The maximum absolute atomic E-state index is 12.8. The van der Waals surface area contributed by atoms with Crippen LogP contribution in [0.2, 0.25) is 0 Å². The lowest BCUT2D eigenvalue weighted by molar-refractivity contribution is -0.140. The Morgan fingerprint density at radius 2 is 1.93 bits per heavy atom. The van der Waals surface area contributed by atoms with Crippen LogP contribution in [0.25, 0.3) is 0 Å². The van der Waals surface area contributed by atoms with E-state index in [4.69, 9.17) is 4.74 Å². The molecular weight excluding hydrogens is 372 g/mol. The van der Waals surface area contributed by atoms with Crippen LogP contribution < -0.4 is 15.4 Å². The smallest absolute Gasteiger partial charge is 0.320 e. The number of carbonyl (C=O) groups excluding carboxylic acids is 1. The van der Waals surface area contributed by atoms with Crippen LogP contribution in [0.1, 0.15) is 31.5 Å². The van der Waals surface area contributed by atoms with Gasteiger partial charge in [0.25, 0.3) is 0 Å². The molecule has 0 saturated heterocycles. The summed E-state index contributed by atoms with van der Waals surface area (Å²) in [4.78, 5) is 31.3. The van der Waals surface area contributed by atoms with Gasteiger partial charge in [0.1, 0.15) is 11.8 Å². The van der Waals surface area contributed by atoms with Crippen LogP contribution in [0, 0.1) is 5.92 Å². The van der Waals surface area contributed by atoms with E-state index in [9.17, 15) is 14.7 Å². The van der Waals surface area contributed by atoms with Gasteiger partial charge in [-0.15, -0.1) is 0 Å². The van der Waals surface area contributed by atoms with E-state index >= 15 is 0 Å². The molecular formula is C21H30N4O4. The first-order valence-corrected chi connectivity index (χ1v) is 9.75. The van der Waals surface area contributed by atoms with Crippen molar-refractivity contribution < 1.29 is 19.4 Å². The van der Waals surface area contributed by atoms with Gasteiger partial charge in [0.2, 0.25) is 5.91 Å². The molecule has 158 valence electrons. The molecule has 1 aromatic carbocycles. The third-order valence-electron chi connectivity index (χ3n) is 4.57. The number of carboxylic acid groups (broad SMARTS) is 1. The summed E-state index contributed by atoms with van der Waals surface area (Å²) in [5.74, 6) is -0.219. The van der Waals surface area contributed by atoms with Gasteiger partial charge in [-0.25, -0.2) is 4.98 Å². The number of aliphatic carboxylic acids is 1. The molecule has 8 nitrogen and oxygen atoms in total. The predicted octanol–water partition coefficient (Wildman–Crippen LogP) is 1.78. The number of nitrogens with zero attached hydrogens (tertiary/aromatic N) is 1. The van der Waals surface area contributed by atoms with Crippen LogP contribution in [0.15, 0.2) is 36.8 Å². The quantitative estimate of drug-likeness (QED) is 0.430. The molecule has 0 bridgehead atoms. The molecule has 0 spiro atoms. The fraction of sp³-hybridized carbons (Fsp3) is 0.476. The van der Waals surface area contributed by atoms with Crippen LogP contribution in [0.4, 0.5) is 0 Å². The van der Waals surface area contributed by atoms with Gasteiger partial charge in [-0.05, 0) is 36.5 Å². The fourth-order valence-electron chi connectivity index (χ4n) is 3.04. The molecule has 0 fully saturated rings. The summed E-state index contributed by atoms with van der Waals surface area (Å²) in [7, 11) is 1.62. The van der Waals surface area contributed by atoms with Crippen LogP contribution >= 0.6 is 0 Å². The number of hydrogen-bond donors (Lipinski definition) is 4. The van der Waals surface area contributed by atoms with Crippen LogP contribution in [0.3, 0.4) is 0 Å². The molecule has 1 amide bonds. The molecule has 2 atom stereocenters. The zero-order valence-electron chi connectivity index (χ0n) is 17.1. The van der Waals surface area contributed by atoms with Crippen LogP contribution in [-0.2, 0) is 22.4 Å². The number of carboxylic acids is 1. The average molecular weight is 402 g/mol. The minimum Gasteiger partial charge on any atom is -0.497 e. The number of aromatic amines is 1. The van der Waals surface area contributed by atoms with Crippen molar-refractivity contribution in [2.75, 3.05) is 13.7 Å². The van der Waals surface area contributed by atoms with Crippen molar-refractivity contribution in [1.29, 1.82) is 0 Å². The lowest BCUT2D eigenvalue weighted by Crippen LogP contribution is -2.52. The second-order valence-electron chi connectivity index (χ2n) is 7.41. The number of nitrogens with one attached hydrogen (secondary N) is 3. The summed E-state index contributed by atoms with van der Waals surface area (Å²) in [6, 6.07) is 6.19. The lowest BCUT2D eigenvalue weighted by atomic mass is 10.0. The largest absolute Gasteiger partial charge is 0.497 e. The van der Waals surface area contributed by atoms with Crippen molar-refractivity contribution in [3.63, 3.8) is 0 Å². The van der Waals surface area contributed by atoms with Crippen molar-refractivity contribution >= 4 is 11.9 Å². The van der Waals surface area contributed by atoms with Gasteiger partial charge in [0.05, 0.1) is 19.5 Å². The Labute approximate surface area is 171 Å². The third kappa shape index (κ3) is 7.57. The predicted molar refractivity (Wildman–Crippen MR) is 110 cm³/mol. The lowest BCUT2D eigenvalue weighted by Gasteiger charge is -2.23. The van der Waals surface area contributed by atoms with Gasteiger partial charge in [-0.3, -0.25) is 14.9 Å². The summed E-state index contributed by atoms with van der Waals surface area (Å²) < 4.78 is 5.14. The molecule has 0 aliphatic carbocycles. The highest BCUT2D eigenvalue weighted by Gasteiger charge is 2.27. The Kier molecular flexibility index (Phi) is 8.67. The van der Waals surface area contributed by atoms with Gasteiger partial charge >= 0.3 is 5.97 Å². The van der Waals surface area contributed by atoms with E-state index in [0.717, 1.165) is 17.0 Å². The highest BCUT2D eigenvalue weighted by Crippen LogP contribution is 2.12. The number of aromatic nitrogens is 2. The average Bonchev–Trinajstić information content (AvgIpc) is 3.20. The van der Waals surface area contributed by atoms with Gasteiger partial charge in [0.15, 0.2) is 0 Å². The summed E-state index contributed by atoms with van der Waals surface area (Å²) in [6.07, 6.45) is 4.61. The topological polar surface area (TPSA) is 116 Å². The highest BCUT2D eigenvalue weighted by atomic mass is 16.5. The zero-order chi connectivity index (χ0) is 21.2. The maximum atomic E-state index is 12.8. The molecule has 2 aromatic rings. The number of H-pyrrole nitrogens is 1. The Bertz CT molecular complexity index is 759. The monoisotopic (exact) mass is 402 g/mol. The minimum atomic E-state index is -0.959. The van der Waals surface area contributed by atoms with Crippen molar-refractivity contribution in [2.24, 2.45) is 5.92 Å². The number of imidazole rings is 1. The first kappa shape index (κ1) is 22.4. The molecule has 0 saturated carbocycles. The number of ether oxygens (including phenoxy) is 1. The van der Waals surface area contributed by atoms with Crippen LogP contribution in [0.5, 0.6) is 5.75 Å². The first-order chi connectivity index (χ1) is 13.9. The number of benzene rings is 1. The Morgan fingerprint density at radius 1 is 1.21 bits per heavy atom. The van der Waals surface area contributed by atoms with E-state index in [1.54, 1.807) is 13.3 Å². The summed E-state index contributed by atoms with van der Waals surface area (Å²) >= 11 is 0. The molecule has 2 unspecified atom stereocenters. The van der Waals surface area contributed by atoms with Gasteiger partial charge in [-0.2, -0.15) is 0 Å². The Morgan fingerprint density at radius 3 is 2.48 bits per heavy atom. The van der Waals surface area contributed by atoms with E-state index in [0.29, 0.717) is 25.8 Å². The third-order valence-corrected chi connectivity index (χ3v) is 4.57. The Balaban J connectivity index is 1.98. The van der Waals surface area contributed by atoms with Crippen molar-refractivity contribution in [3.8, 4) is 5.75 Å². The number of amides is 1. The number of rotatable bonds is 12. The molecule has 4 N–H and O–H groups in total. The van der Waals surface area contributed by atoms with E-state index < -0.39 is 18.1 Å². The maximum Gasteiger partial charge on any atom is 0.320 e. The number of carbonyl (C=O) groups is 2. The molecule has 1 heterocycles. The van der Waals surface area contributed by atoms with Crippen molar-refractivity contribution in [1.82, 2.24) is 20.6 Å². The standard InChI is InChI=1S/C21H30N4O4/c1-14(2)10-19(21(27)28)25-18(11-16-12-22-13-24-16)20(26)23-9-8-15-4-6-17(29-3)7-5-15/h4-7,12-14,18-19,25H,8-11H2,1-3H3,(H,22,24)(H,23,26)(H,27,28). The molecule has 2 rings (SSSR count). The molecule has 8 heteroatoms. The van der Waals surface area contributed by atoms with Crippen molar-refractivity contribution in [3.05, 3.63) is 48.0 Å². The zero-order valence-corrected chi connectivity index (χ0v) is 17.1. The molecule has 0 radical (unpaired) electrons. The molecule has 1 aromatic heterocycles. The van der Waals surface area contributed by atoms with Crippen LogP contribution in [-0.4, -0.2) is 52.7 Å². The first-order valence-electron chi connectivity index (χ1n) is 9.75. The van der Waals surface area contributed by atoms with Crippen molar-refractivity contribution in [2.45, 2.75) is 45.2 Å². The van der Waals surface area contributed by atoms with Gasteiger partial charge in [0, 0.05) is 24.9 Å². The second-order valence-corrected chi connectivity index (χ2v) is 7.41. The number of hydrogen-bond acceptors (Lipinski definition) is 5. The van der Waals surface area contributed by atoms with Gasteiger partial charge in [-0.1, -0.05) is 26.0 Å².